The van der Waals surface area contributed by atoms with Gasteiger partial charge in [-0.1, -0.05) is 0 Å². The largest absolute Gasteiger partial charge is 0.337 e. The predicted molar refractivity (Wildman–Crippen MR) is 110 cm³/mol. The fourth-order valence-electron chi connectivity index (χ4n) is 5.22. The van der Waals surface area contributed by atoms with E-state index in [9.17, 15) is 26.4 Å². The molecule has 172 valence electrons. The van der Waals surface area contributed by atoms with E-state index in [1.165, 1.54) is 0 Å². The lowest BCUT2D eigenvalue weighted by Gasteiger charge is -2.41. The van der Waals surface area contributed by atoms with Crippen LogP contribution in [0.15, 0.2) is 12.1 Å². The summed E-state index contributed by atoms with van der Waals surface area (Å²) in [6.45, 7) is 0. The summed E-state index contributed by atoms with van der Waals surface area (Å²) in [5.74, 6) is -2.86. The number of halogens is 3. The van der Waals surface area contributed by atoms with Crippen LogP contribution in [0, 0.1) is 29.3 Å². The molecule has 1 aromatic rings. The van der Waals surface area contributed by atoms with Crippen molar-refractivity contribution in [3.63, 3.8) is 0 Å². The van der Waals surface area contributed by atoms with Gasteiger partial charge >= 0.3 is 0 Å². The molecular weight excluding hydrogens is 429 g/mol. The second-order valence-corrected chi connectivity index (χ2v) is 11.7. The first-order valence-electron chi connectivity index (χ1n) is 11.0. The number of piperidine rings is 1. The van der Waals surface area contributed by atoms with Crippen LogP contribution in [-0.4, -0.2) is 48.9 Å². The van der Waals surface area contributed by atoms with Gasteiger partial charge in [-0.3, -0.25) is 4.79 Å². The molecule has 31 heavy (non-hydrogen) atoms. The first-order valence-corrected chi connectivity index (χ1v) is 12.9. The molecule has 2 N–H and O–H groups in total. The van der Waals surface area contributed by atoms with Crippen molar-refractivity contribution < 1.29 is 26.4 Å². The first kappa shape index (κ1) is 22.6. The molecule has 1 aliphatic carbocycles. The van der Waals surface area contributed by atoms with Gasteiger partial charge in [0.2, 0.25) is 5.91 Å². The van der Waals surface area contributed by atoms with E-state index in [-0.39, 0.29) is 59.7 Å². The minimum Gasteiger partial charge on any atom is -0.337 e. The molecule has 2 aliphatic heterocycles. The maximum atomic E-state index is 14.0. The Morgan fingerprint density at radius 3 is 2.26 bits per heavy atom. The number of rotatable bonds is 8. The molecule has 2 bridgehead atoms. The van der Waals surface area contributed by atoms with Crippen molar-refractivity contribution in [2.75, 3.05) is 11.5 Å². The predicted octanol–water partition coefficient (Wildman–Crippen LogP) is 2.96. The summed E-state index contributed by atoms with van der Waals surface area (Å²) in [7, 11) is -3.20. The van der Waals surface area contributed by atoms with E-state index in [2.05, 4.69) is 0 Å². The van der Waals surface area contributed by atoms with Crippen LogP contribution in [0.2, 0.25) is 0 Å². The fourth-order valence-corrected chi connectivity index (χ4v) is 6.92. The smallest absolute Gasteiger partial charge is 0.224 e. The third-order valence-corrected chi connectivity index (χ3v) is 8.83. The van der Waals surface area contributed by atoms with Gasteiger partial charge < -0.3 is 10.6 Å². The molecule has 2 saturated heterocycles. The van der Waals surface area contributed by atoms with Gasteiger partial charge in [-0.2, -0.15) is 0 Å². The standard InChI is InChI=1S/C22H29F3N2O3S/c23-18-11-20(25)19(24)9-14(18)10-21(26)15-7-16-3-4-17(8-15)27(16)22(28)5-6-31(29,30)12-13-1-2-13/h9,11,13,15-17,21H,1-8,10,12,26H2. The van der Waals surface area contributed by atoms with Crippen LogP contribution in [0.1, 0.15) is 50.5 Å². The summed E-state index contributed by atoms with van der Waals surface area (Å²) in [5, 5.41) is 0. The number of nitrogens with zero attached hydrogens (tertiary/aromatic N) is 1. The Bertz CT molecular complexity index is 938. The van der Waals surface area contributed by atoms with Gasteiger partial charge in [0, 0.05) is 30.6 Å². The topological polar surface area (TPSA) is 80.5 Å². The highest BCUT2D eigenvalue weighted by atomic mass is 32.2. The molecular formula is C22H29F3N2O3S. The number of amides is 1. The number of carbonyl (C=O) groups excluding carboxylic acids is 1. The molecule has 1 aromatic carbocycles. The quantitative estimate of drug-likeness (QED) is 0.608. The van der Waals surface area contributed by atoms with Crippen LogP contribution in [0.3, 0.4) is 0 Å². The molecule has 5 nitrogen and oxygen atoms in total. The van der Waals surface area contributed by atoms with Crippen molar-refractivity contribution in [3.8, 4) is 0 Å². The average molecular weight is 459 g/mol. The van der Waals surface area contributed by atoms with E-state index in [4.69, 9.17) is 5.73 Å². The molecule has 3 aliphatic rings. The number of sulfone groups is 1. The Kier molecular flexibility index (Phi) is 6.36. The summed E-state index contributed by atoms with van der Waals surface area (Å²) >= 11 is 0. The van der Waals surface area contributed by atoms with Gasteiger partial charge in [0.15, 0.2) is 21.5 Å². The minimum absolute atomic E-state index is 0.00300. The Hall–Kier alpha value is -1.61. The minimum atomic E-state index is -3.20. The number of hydrogen-bond donors (Lipinski definition) is 1. The van der Waals surface area contributed by atoms with E-state index in [0.717, 1.165) is 31.7 Å². The van der Waals surface area contributed by atoms with Crippen LogP contribution in [0.5, 0.6) is 0 Å². The summed E-state index contributed by atoms with van der Waals surface area (Å²) in [5.41, 5.74) is 6.37. The normalized spacial score (nSPS) is 26.8. The molecule has 1 amide bonds. The Balaban J connectivity index is 1.34. The second-order valence-electron chi connectivity index (χ2n) is 9.45. The van der Waals surface area contributed by atoms with E-state index in [1.807, 2.05) is 4.90 Å². The highest BCUT2D eigenvalue weighted by Gasteiger charge is 2.44. The van der Waals surface area contributed by atoms with Crippen LogP contribution >= 0.6 is 0 Å². The zero-order valence-electron chi connectivity index (χ0n) is 17.4. The average Bonchev–Trinajstić information content (AvgIpc) is 3.46. The second kappa shape index (κ2) is 8.73. The van der Waals surface area contributed by atoms with Crippen LogP contribution in [0.25, 0.3) is 0 Å². The van der Waals surface area contributed by atoms with E-state index >= 15 is 0 Å². The summed E-state index contributed by atoms with van der Waals surface area (Å²) in [6.07, 6.45) is 5.02. The van der Waals surface area contributed by atoms with Crippen molar-refractivity contribution >= 4 is 15.7 Å². The zero-order valence-corrected chi connectivity index (χ0v) is 18.2. The summed E-state index contributed by atoms with van der Waals surface area (Å²) in [4.78, 5) is 14.6. The van der Waals surface area contributed by atoms with Crippen LogP contribution in [-0.2, 0) is 21.1 Å². The third kappa shape index (κ3) is 5.25. The molecule has 3 fully saturated rings. The van der Waals surface area contributed by atoms with Gasteiger partial charge in [0.05, 0.1) is 11.5 Å². The van der Waals surface area contributed by atoms with Crippen molar-refractivity contribution in [1.29, 1.82) is 0 Å². The number of carbonyl (C=O) groups is 1. The lowest BCUT2D eigenvalue weighted by molar-refractivity contribution is -0.136. The Labute approximate surface area is 181 Å². The molecule has 0 radical (unpaired) electrons. The van der Waals surface area contributed by atoms with Gasteiger partial charge in [-0.25, -0.2) is 21.6 Å². The van der Waals surface area contributed by atoms with Crippen LogP contribution in [0.4, 0.5) is 13.2 Å². The van der Waals surface area contributed by atoms with Gasteiger partial charge in [-0.15, -0.1) is 0 Å². The maximum absolute atomic E-state index is 14.0. The molecule has 0 aromatic heterocycles. The number of nitrogens with two attached hydrogens (primary N) is 1. The molecule has 3 unspecified atom stereocenters. The van der Waals surface area contributed by atoms with Gasteiger partial charge in [-0.05, 0) is 68.4 Å². The highest BCUT2D eigenvalue weighted by Crippen LogP contribution is 2.40. The zero-order chi connectivity index (χ0) is 22.3. The monoisotopic (exact) mass is 458 g/mol. The number of hydrogen-bond acceptors (Lipinski definition) is 4. The van der Waals surface area contributed by atoms with Crippen LogP contribution < -0.4 is 5.73 Å². The molecule has 1 saturated carbocycles. The lowest BCUT2D eigenvalue weighted by Crippen LogP contribution is -2.50. The molecule has 2 heterocycles. The van der Waals surface area contributed by atoms with Crippen molar-refractivity contribution in [2.24, 2.45) is 17.6 Å². The Morgan fingerprint density at radius 2 is 1.65 bits per heavy atom. The summed E-state index contributed by atoms with van der Waals surface area (Å²) in [6, 6.07) is 0.976. The van der Waals surface area contributed by atoms with Crippen molar-refractivity contribution in [2.45, 2.75) is 69.5 Å². The number of fused-ring (bicyclic) bond motifs is 2. The highest BCUT2D eigenvalue weighted by molar-refractivity contribution is 7.91. The van der Waals surface area contributed by atoms with Crippen molar-refractivity contribution in [1.82, 2.24) is 4.90 Å². The summed E-state index contributed by atoms with van der Waals surface area (Å²) < 4.78 is 65.0. The van der Waals surface area contributed by atoms with E-state index in [0.29, 0.717) is 18.9 Å². The maximum Gasteiger partial charge on any atom is 0.224 e. The fraction of sp³-hybridized carbons (Fsp3) is 0.682. The molecule has 4 rings (SSSR count). The lowest BCUT2D eigenvalue weighted by atomic mass is 9.82. The first-order chi connectivity index (χ1) is 14.6. The van der Waals surface area contributed by atoms with Crippen molar-refractivity contribution in [3.05, 3.63) is 35.1 Å². The van der Waals surface area contributed by atoms with E-state index in [1.54, 1.807) is 0 Å². The third-order valence-electron chi connectivity index (χ3n) is 7.02. The van der Waals surface area contributed by atoms with E-state index < -0.39 is 33.3 Å². The SMILES string of the molecule is NC(Cc1cc(F)c(F)cc1F)C1CC2CCC(C1)N2C(=O)CCS(=O)(=O)CC1CC1. The number of benzene rings is 1. The molecule has 3 atom stereocenters. The van der Waals surface area contributed by atoms with Gasteiger partial charge in [0.1, 0.15) is 5.82 Å². The van der Waals surface area contributed by atoms with Gasteiger partial charge in [0.25, 0.3) is 0 Å². The molecule has 0 spiro atoms. The Morgan fingerprint density at radius 1 is 1.03 bits per heavy atom. The molecule has 9 heteroatoms.